The Kier molecular flexibility index (Phi) is 6.48. The fourth-order valence-electron chi connectivity index (χ4n) is 3.68. The Morgan fingerprint density at radius 3 is 2.19 bits per heavy atom. The lowest BCUT2D eigenvalue weighted by Gasteiger charge is -2.22. The summed E-state index contributed by atoms with van der Waals surface area (Å²) in [6.07, 6.45) is 7.81. The molecule has 0 radical (unpaired) electrons. The maximum absolute atomic E-state index is 13.2. The number of rotatable bonds is 11. The van der Waals surface area contributed by atoms with Crippen molar-refractivity contribution in [2.75, 3.05) is 20.0 Å². The zero-order valence-electron chi connectivity index (χ0n) is 16.3. The molecule has 1 heterocycles. The SMILES string of the molecule is CCCCCCCCCSC12OC1C(=O)c1c(OC)ccc(OC)c1C2=O. The maximum atomic E-state index is 13.2. The standard InChI is InChI=1S/C21H28O5S/c1-4-5-6-7-8-9-10-13-27-21-19(23)17-15(25-3)12-11-14(24-2)16(17)18(22)20(21)26-21/h11-12,20H,4-10,13H2,1-3H3. The lowest BCUT2D eigenvalue weighted by atomic mass is 9.87. The van der Waals surface area contributed by atoms with E-state index in [-0.39, 0.29) is 17.1 Å². The zero-order valence-corrected chi connectivity index (χ0v) is 17.2. The average Bonchev–Trinajstić information content (AvgIpc) is 3.43. The van der Waals surface area contributed by atoms with Gasteiger partial charge in [0.2, 0.25) is 16.5 Å². The summed E-state index contributed by atoms with van der Waals surface area (Å²) < 4.78 is 16.3. The van der Waals surface area contributed by atoms with Crippen molar-refractivity contribution in [1.29, 1.82) is 0 Å². The zero-order chi connectivity index (χ0) is 19.4. The summed E-state index contributed by atoms with van der Waals surface area (Å²) in [6, 6.07) is 3.32. The van der Waals surface area contributed by atoms with Gasteiger partial charge in [0, 0.05) is 0 Å². The second kappa shape index (κ2) is 8.65. The molecule has 1 aliphatic carbocycles. The van der Waals surface area contributed by atoms with E-state index in [1.54, 1.807) is 12.1 Å². The minimum absolute atomic E-state index is 0.175. The summed E-state index contributed by atoms with van der Waals surface area (Å²) in [4.78, 5) is 25.0. The summed E-state index contributed by atoms with van der Waals surface area (Å²) in [6.45, 7) is 2.22. The van der Waals surface area contributed by atoms with Crippen LogP contribution in [-0.4, -0.2) is 42.6 Å². The van der Waals surface area contributed by atoms with Gasteiger partial charge in [0.25, 0.3) is 0 Å². The first-order chi connectivity index (χ1) is 13.1. The van der Waals surface area contributed by atoms with Gasteiger partial charge in [-0.3, -0.25) is 9.59 Å². The maximum Gasteiger partial charge on any atom is 0.212 e. The molecule has 0 spiro atoms. The summed E-state index contributed by atoms with van der Waals surface area (Å²) in [5.41, 5.74) is 0.583. The molecule has 0 aromatic heterocycles. The van der Waals surface area contributed by atoms with Gasteiger partial charge in [-0.1, -0.05) is 45.4 Å². The molecule has 0 bridgehead atoms. The van der Waals surface area contributed by atoms with Crippen LogP contribution in [0.1, 0.15) is 72.6 Å². The number of ketones is 2. The van der Waals surface area contributed by atoms with Crippen LogP contribution in [0.2, 0.25) is 0 Å². The number of carbonyl (C=O) groups is 2. The summed E-state index contributed by atoms with van der Waals surface area (Å²) in [5, 5.41) is 0. The van der Waals surface area contributed by atoms with Crippen LogP contribution in [0.15, 0.2) is 12.1 Å². The number of Topliss-reactive ketones (excluding diaryl/α,β-unsaturated/α-hetero) is 2. The van der Waals surface area contributed by atoms with E-state index in [0.717, 1.165) is 18.6 Å². The van der Waals surface area contributed by atoms with Crippen LogP contribution in [0.3, 0.4) is 0 Å². The number of hydrogen-bond donors (Lipinski definition) is 0. The van der Waals surface area contributed by atoms with Crippen LogP contribution in [0.4, 0.5) is 0 Å². The van der Waals surface area contributed by atoms with Gasteiger partial charge in [-0.15, -0.1) is 11.8 Å². The molecule has 5 nitrogen and oxygen atoms in total. The number of fused-ring (bicyclic) bond motifs is 2. The van der Waals surface area contributed by atoms with Crippen molar-refractivity contribution in [1.82, 2.24) is 0 Å². The molecule has 27 heavy (non-hydrogen) atoms. The van der Waals surface area contributed by atoms with Crippen LogP contribution in [0.5, 0.6) is 11.5 Å². The van der Waals surface area contributed by atoms with Gasteiger partial charge < -0.3 is 14.2 Å². The Balaban J connectivity index is 1.65. The van der Waals surface area contributed by atoms with Crippen molar-refractivity contribution >= 4 is 23.3 Å². The van der Waals surface area contributed by atoms with Crippen molar-refractivity contribution in [3.63, 3.8) is 0 Å². The molecule has 1 aliphatic heterocycles. The molecule has 2 unspecified atom stereocenters. The average molecular weight is 393 g/mol. The predicted molar refractivity (Wildman–Crippen MR) is 106 cm³/mol. The van der Waals surface area contributed by atoms with Crippen LogP contribution < -0.4 is 9.47 Å². The van der Waals surface area contributed by atoms with Crippen molar-refractivity contribution < 1.29 is 23.8 Å². The van der Waals surface area contributed by atoms with Crippen molar-refractivity contribution in [3.05, 3.63) is 23.3 Å². The fraction of sp³-hybridized carbons (Fsp3) is 0.619. The topological polar surface area (TPSA) is 65.1 Å². The number of epoxide rings is 1. The largest absolute Gasteiger partial charge is 0.496 e. The Morgan fingerprint density at radius 1 is 0.963 bits per heavy atom. The minimum Gasteiger partial charge on any atom is -0.496 e. The molecule has 1 aromatic carbocycles. The van der Waals surface area contributed by atoms with Crippen molar-refractivity contribution in [2.45, 2.75) is 62.9 Å². The van der Waals surface area contributed by atoms with E-state index in [9.17, 15) is 9.59 Å². The first-order valence-electron chi connectivity index (χ1n) is 9.76. The highest BCUT2D eigenvalue weighted by Crippen LogP contribution is 2.56. The molecule has 2 aliphatic rings. The monoisotopic (exact) mass is 392 g/mol. The van der Waals surface area contributed by atoms with Gasteiger partial charge in [-0.2, -0.15) is 0 Å². The van der Waals surface area contributed by atoms with E-state index in [2.05, 4.69) is 6.92 Å². The highest BCUT2D eigenvalue weighted by atomic mass is 32.2. The van der Waals surface area contributed by atoms with E-state index in [0.29, 0.717) is 17.1 Å². The van der Waals surface area contributed by atoms with Gasteiger partial charge in [-0.05, 0) is 24.3 Å². The minimum atomic E-state index is -1.06. The fourth-order valence-corrected chi connectivity index (χ4v) is 4.99. The number of hydrogen-bond acceptors (Lipinski definition) is 6. The van der Waals surface area contributed by atoms with Crippen LogP contribution >= 0.6 is 11.8 Å². The lowest BCUT2D eigenvalue weighted by molar-refractivity contribution is 0.0906. The number of unbranched alkanes of at least 4 members (excludes halogenated alkanes) is 6. The molecule has 1 saturated heterocycles. The van der Waals surface area contributed by atoms with Crippen LogP contribution in [0.25, 0.3) is 0 Å². The van der Waals surface area contributed by atoms with Crippen molar-refractivity contribution in [3.8, 4) is 11.5 Å². The molecule has 0 N–H and O–H groups in total. The third kappa shape index (κ3) is 3.74. The number of methoxy groups -OCH3 is 2. The number of benzene rings is 1. The number of carbonyl (C=O) groups excluding carboxylic acids is 2. The summed E-state index contributed by atoms with van der Waals surface area (Å²) in [7, 11) is 2.99. The first-order valence-corrected chi connectivity index (χ1v) is 10.7. The molecule has 1 aromatic rings. The Bertz CT molecular complexity index is 717. The van der Waals surface area contributed by atoms with E-state index >= 15 is 0 Å². The second-order valence-corrected chi connectivity index (χ2v) is 8.35. The van der Waals surface area contributed by atoms with Gasteiger partial charge >= 0.3 is 0 Å². The van der Waals surface area contributed by atoms with Gasteiger partial charge in [0.05, 0.1) is 25.3 Å². The lowest BCUT2D eigenvalue weighted by Crippen LogP contribution is -2.35. The third-order valence-corrected chi connectivity index (χ3v) is 6.66. The van der Waals surface area contributed by atoms with E-state index in [4.69, 9.17) is 14.2 Å². The highest BCUT2D eigenvalue weighted by molar-refractivity contribution is 8.01. The highest BCUT2D eigenvalue weighted by Gasteiger charge is 2.70. The van der Waals surface area contributed by atoms with E-state index < -0.39 is 11.0 Å². The molecular formula is C21H28O5S. The van der Waals surface area contributed by atoms with E-state index in [1.165, 1.54) is 58.1 Å². The molecule has 0 saturated carbocycles. The van der Waals surface area contributed by atoms with Gasteiger partial charge in [0.15, 0.2) is 6.10 Å². The Hall–Kier alpha value is -1.53. The molecule has 6 heteroatoms. The molecule has 1 fully saturated rings. The summed E-state index contributed by atoms with van der Waals surface area (Å²) >= 11 is 1.46. The Morgan fingerprint density at radius 2 is 1.56 bits per heavy atom. The molecule has 2 atom stereocenters. The van der Waals surface area contributed by atoms with Crippen LogP contribution in [0, 0.1) is 0 Å². The smallest absolute Gasteiger partial charge is 0.212 e. The van der Waals surface area contributed by atoms with Gasteiger partial charge in [-0.25, -0.2) is 0 Å². The molecule has 148 valence electrons. The predicted octanol–water partition coefficient (Wildman–Crippen LogP) is 4.66. The first kappa shape index (κ1) is 20.2. The number of thioether (sulfide) groups is 1. The van der Waals surface area contributed by atoms with Gasteiger partial charge in [0.1, 0.15) is 11.5 Å². The normalized spacial score (nSPS) is 23.0. The Labute approximate surface area is 165 Å². The third-order valence-electron chi connectivity index (χ3n) is 5.24. The molecular weight excluding hydrogens is 364 g/mol. The molecule has 3 rings (SSSR count). The van der Waals surface area contributed by atoms with Crippen molar-refractivity contribution in [2.24, 2.45) is 0 Å². The molecule has 0 amide bonds. The number of ether oxygens (including phenoxy) is 3. The van der Waals surface area contributed by atoms with Crippen LogP contribution in [-0.2, 0) is 4.74 Å². The summed E-state index contributed by atoms with van der Waals surface area (Å²) in [5.74, 6) is 1.24. The quantitative estimate of drug-likeness (QED) is 0.403. The van der Waals surface area contributed by atoms with E-state index in [1.807, 2.05) is 0 Å². The second-order valence-electron chi connectivity index (χ2n) is 7.05.